The largest absolute Gasteiger partial charge is 0.416 e. The molecule has 1 aliphatic heterocycles. The predicted octanol–water partition coefficient (Wildman–Crippen LogP) is 3.37. The number of alkyl halides is 3. The maximum atomic E-state index is 12.9. The Kier molecular flexibility index (Phi) is 8.48. The van der Waals surface area contributed by atoms with E-state index < -0.39 is 17.6 Å². The summed E-state index contributed by atoms with van der Waals surface area (Å²) in [5, 5.41) is 8.42. The van der Waals surface area contributed by atoms with Crippen LogP contribution < -0.4 is 16.0 Å². The first-order valence-corrected chi connectivity index (χ1v) is 12.5. The van der Waals surface area contributed by atoms with Crippen molar-refractivity contribution in [3.8, 4) is 0 Å². The highest BCUT2D eigenvalue weighted by Gasteiger charge is 2.33. The summed E-state index contributed by atoms with van der Waals surface area (Å²) in [6, 6.07) is 13.8. The Hall–Kier alpha value is -3.40. The zero-order chi connectivity index (χ0) is 26.4. The number of likely N-dealkylation sites (tertiary alicyclic amines) is 1. The van der Waals surface area contributed by atoms with E-state index in [0.717, 1.165) is 56.8 Å². The molecule has 1 heterocycles. The molecule has 1 unspecified atom stereocenters. The van der Waals surface area contributed by atoms with Crippen LogP contribution in [0.15, 0.2) is 54.6 Å². The predicted molar refractivity (Wildman–Crippen MR) is 132 cm³/mol. The van der Waals surface area contributed by atoms with Crippen molar-refractivity contribution >= 4 is 17.7 Å². The first-order valence-electron chi connectivity index (χ1n) is 12.5. The Morgan fingerprint density at radius 2 is 1.51 bits per heavy atom. The molecule has 7 nitrogen and oxygen atoms in total. The van der Waals surface area contributed by atoms with E-state index in [1.54, 1.807) is 12.1 Å². The van der Waals surface area contributed by atoms with Crippen molar-refractivity contribution in [3.05, 3.63) is 71.3 Å². The normalized spacial score (nSPS) is 22.3. The summed E-state index contributed by atoms with van der Waals surface area (Å²) in [6.45, 7) is 1.25. The quantitative estimate of drug-likeness (QED) is 0.527. The van der Waals surface area contributed by atoms with Gasteiger partial charge in [-0.25, -0.2) is 0 Å². The van der Waals surface area contributed by atoms with E-state index >= 15 is 0 Å². The Balaban J connectivity index is 1.16. The van der Waals surface area contributed by atoms with E-state index in [1.807, 2.05) is 18.2 Å². The molecule has 37 heavy (non-hydrogen) atoms. The number of carbonyl (C=O) groups excluding carboxylic acids is 3. The molecule has 0 spiro atoms. The number of carbonyl (C=O) groups is 3. The molecule has 2 aromatic rings. The molecule has 0 aromatic heterocycles. The van der Waals surface area contributed by atoms with Gasteiger partial charge in [0.05, 0.1) is 12.1 Å². The molecule has 3 amide bonds. The molecule has 3 N–H and O–H groups in total. The molecule has 10 heteroatoms. The van der Waals surface area contributed by atoms with Crippen LogP contribution in [0.2, 0.25) is 0 Å². The van der Waals surface area contributed by atoms with Gasteiger partial charge in [0.15, 0.2) is 0 Å². The van der Waals surface area contributed by atoms with Crippen molar-refractivity contribution in [2.45, 2.75) is 56.4 Å². The molecule has 2 aromatic carbocycles. The second-order valence-corrected chi connectivity index (χ2v) is 9.65. The zero-order valence-electron chi connectivity index (χ0n) is 20.4. The monoisotopic (exact) mass is 516 g/mol. The molecule has 0 bridgehead atoms. The second kappa shape index (κ2) is 11.8. The zero-order valence-corrected chi connectivity index (χ0v) is 20.4. The van der Waals surface area contributed by atoms with Crippen molar-refractivity contribution in [2.24, 2.45) is 0 Å². The van der Waals surface area contributed by atoms with Crippen LogP contribution in [0, 0.1) is 0 Å². The Morgan fingerprint density at radius 3 is 2.22 bits per heavy atom. The highest BCUT2D eigenvalue weighted by Crippen LogP contribution is 2.29. The van der Waals surface area contributed by atoms with Gasteiger partial charge in [-0.2, -0.15) is 13.2 Å². The van der Waals surface area contributed by atoms with Gasteiger partial charge >= 0.3 is 6.18 Å². The highest BCUT2D eigenvalue weighted by atomic mass is 19.4. The summed E-state index contributed by atoms with van der Waals surface area (Å²) in [7, 11) is 0. The molecule has 2 aliphatic rings. The average Bonchev–Trinajstić information content (AvgIpc) is 3.36. The van der Waals surface area contributed by atoms with Gasteiger partial charge in [0.25, 0.3) is 11.8 Å². The first-order chi connectivity index (χ1) is 17.7. The fraction of sp³-hybridized carbons (Fsp3) is 0.444. The minimum Gasteiger partial charge on any atom is -0.350 e. The molecule has 198 valence electrons. The number of amides is 3. The third-order valence-electron chi connectivity index (χ3n) is 7.03. The van der Waals surface area contributed by atoms with Crippen LogP contribution in [-0.2, 0) is 11.0 Å². The number of nitrogens with one attached hydrogen (secondary N) is 3. The van der Waals surface area contributed by atoms with Crippen LogP contribution >= 0.6 is 0 Å². The minimum absolute atomic E-state index is 0.0477. The summed E-state index contributed by atoms with van der Waals surface area (Å²) in [5.74, 6) is -1.15. The van der Waals surface area contributed by atoms with Crippen molar-refractivity contribution in [1.29, 1.82) is 0 Å². The van der Waals surface area contributed by atoms with E-state index in [2.05, 4.69) is 20.9 Å². The molecule has 1 atom stereocenters. The number of halogens is 3. The lowest BCUT2D eigenvalue weighted by Gasteiger charge is -2.35. The number of nitrogens with zero attached hydrogens (tertiary/aromatic N) is 1. The highest BCUT2D eigenvalue weighted by molar-refractivity contribution is 5.96. The Bertz CT molecular complexity index is 1100. The molecule has 4 rings (SSSR count). The number of rotatable bonds is 7. The van der Waals surface area contributed by atoms with Gasteiger partial charge in [-0.15, -0.1) is 0 Å². The summed E-state index contributed by atoms with van der Waals surface area (Å²) < 4.78 is 38.6. The Morgan fingerprint density at radius 1 is 0.811 bits per heavy atom. The van der Waals surface area contributed by atoms with Crippen LogP contribution in [0.1, 0.15) is 58.4 Å². The van der Waals surface area contributed by atoms with Crippen LogP contribution in [0.25, 0.3) is 0 Å². The molecule has 2 fully saturated rings. The Labute approximate surface area is 213 Å². The van der Waals surface area contributed by atoms with Gasteiger partial charge in [0.1, 0.15) is 0 Å². The third-order valence-corrected chi connectivity index (χ3v) is 7.03. The third kappa shape index (κ3) is 7.31. The van der Waals surface area contributed by atoms with Crippen LogP contribution in [0.4, 0.5) is 13.2 Å². The molecule has 1 saturated carbocycles. The number of hydrogen-bond donors (Lipinski definition) is 3. The number of benzene rings is 2. The van der Waals surface area contributed by atoms with Crippen LogP contribution in [-0.4, -0.2) is 60.4 Å². The van der Waals surface area contributed by atoms with E-state index in [1.165, 1.54) is 6.07 Å². The maximum Gasteiger partial charge on any atom is 0.416 e. The van der Waals surface area contributed by atoms with Gasteiger partial charge in [-0.3, -0.25) is 19.3 Å². The maximum absolute atomic E-state index is 12.9. The van der Waals surface area contributed by atoms with E-state index in [-0.39, 0.29) is 36.0 Å². The standard InChI is InChI=1S/C27H31F3N4O3/c28-27(29,30)20-8-4-7-19(15-20)25(36)31-16-24(35)32-22-13-14-34(17-22)23-11-9-21(10-12-23)33-26(37)18-5-2-1-3-6-18/h1-8,15,21-23H,9-14,16-17H2,(H,31,36)(H,32,35)(H,33,37). The van der Waals surface area contributed by atoms with Crippen molar-refractivity contribution in [2.75, 3.05) is 19.6 Å². The lowest BCUT2D eigenvalue weighted by molar-refractivity contribution is -0.137. The summed E-state index contributed by atoms with van der Waals surface area (Å²) in [6.07, 6.45) is -0.0209. The summed E-state index contributed by atoms with van der Waals surface area (Å²) >= 11 is 0. The van der Waals surface area contributed by atoms with Gasteiger partial charge in [-0.1, -0.05) is 24.3 Å². The van der Waals surface area contributed by atoms with Gasteiger partial charge in [0.2, 0.25) is 5.91 Å². The second-order valence-electron chi connectivity index (χ2n) is 9.65. The van der Waals surface area contributed by atoms with Crippen molar-refractivity contribution in [1.82, 2.24) is 20.9 Å². The molecule has 0 radical (unpaired) electrons. The topological polar surface area (TPSA) is 90.5 Å². The summed E-state index contributed by atoms with van der Waals surface area (Å²) in [4.78, 5) is 39.3. The van der Waals surface area contributed by atoms with Crippen LogP contribution in [0.3, 0.4) is 0 Å². The molecule has 1 saturated heterocycles. The van der Waals surface area contributed by atoms with Gasteiger partial charge < -0.3 is 16.0 Å². The lowest BCUT2D eigenvalue weighted by atomic mass is 9.90. The molecule has 1 aliphatic carbocycles. The van der Waals surface area contributed by atoms with Crippen LogP contribution in [0.5, 0.6) is 0 Å². The average molecular weight is 517 g/mol. The van der Waals surface area contributed by atoms with E-state index in [9.17, 15) is 27.6 Å². The SMILES string of the molecule is O=C(CNC(=O)c1cccc(C(F)(F)F)c1)NC1CCN(C2CCC(NC(=O)c3ccccc3)CC2)C1. The first kappa shape index (κ1) is 26.7. The van der Waals surface area contributed by atoms with E-state index in [0.29, 0.717) is 18.2 Å². The number of hydrogen-bond acceptors (Lipinski definition) is 4. The van der Waals surface area contributed by atoms with Crippen molar-refractivity contribution < 1.29 is 27.6 Å². The fourth-order valence-corrected chi connectivity index (χ4v) is 5.06. The van der Waals surface area contributed by atoms with Crippen molar-refractivity contribution in [3.63, 3.8) is 0 Å². The van der Waals surface area contributed by atoms with E-state index in [4.69, 9.17) is 0 Å². The smallest absolute Gasteiger partial charge is 0.350 e. The fourth-order valence-electron chi connectivity index (χ4n) is 5.06. The lowest BCUT2D eigenvalue weighted by Crippen LogP contribution is -2.46. The van der Waals surface area contributed by atoms with Gasteiger partial charge in [-0.05, 0) is 62.4 Å². The minimum atomic E-state index is -4.54. The molecular formula is C27H31F3N4O3. The van der Waals surface area contributed by atoms with Gasteiger partial charge in [0, 0.05) is 42.3 Å². The summed E-state index contributed by atoms with van der Waals surface area (Å²) in [5.41, 5.74) is -0.401. The molecular weight excluding hydrogens is 485 g/mol.